The molecule has 0 aromatic heterocycles. The topological polar surface area (TPSA) is 69.6 Å². The minimum Gasteiger partial charge on any atom is -0.508 e. The summed E-state index contributed by atoms with van der Waals surface area (Å²) in [5, 5.41) is 21.3. The standard InChI is InChI=1S/C15H23NO3/c1-12(11-17)5-4-10-16-15(19)9-8-13-6-2-3-7-14(13)18/h2-3,6-7,12,17-18H,4-5,8-11H2,1H3,(H,16,19). The molecule has 19 heavy (non-hydrogen) atoms. The fourth-order valence-electron chi connectivity index (χ4n) is 1.83. The summed E-state index contributed by atoms with van der Waals surface area (Å²) in [6.45, 7) is 2.82. The highest BCUT2D eigenvalue weighted by atomic mass is 16.3. The van der Waals surface area contributed by atoms with Gasteiger partial charge in [0.15, 0.2) is 0 Å². The first-order valence-electron chi connectivity index (χ1n) is 6.78. The number of aromatic hydroxyl groups is 1. The van der Waals surface area contributed by atoms with Crippen molar-refractivity contribution in [3.63, 3.8) is 0 Å². The van der Waals surface area contributed by atoms with Crippen LogP contribution in [0.25, 0.3) is 0 Å². The Morgan fingerprint density at radius 1 is 1.37 bits per heavy atom. The smallest absolute Gasteiger partial charge is 0.220 e. The molecule has 0 aliphatic heterocycles. The molecule has 1 amide bonds. The number of hydrogen-bond donors (Lipinski definition) is 3. The molecule has 4 nitrogen and oxygen atoms in total. The molecule has 0 aliphatic rings. The molecule has 0 radical (unpaired) electrons. The van der Waals surface area contributed by atoms with Crippen molar-refractivity contribution in [1.29, 1.82) is 0 Å². The third-order valence-corrected chi connectivity index (χ3v) is 3.12. The lowest BCUT2D eigenvalue weighted by Crippen LogP contribution is -2.25. The maximum absolute atomic E-state index is 11.6. The van der Waals surface area contributed by atoms with E-state index in [4.69, 9.17) is 5.11 Å². The molecule has 4 heteroatoms. The third kappa shape index (κ3) is 6.25. The molecule has 1 unspecified atom stereocenters. The number of carbonyl (C=O) groups is 1. The van der Waals surface area contributed by atoms with E-state index in [2.05, 4.69) is 5.32 Å². The van der Waals surface area contributed by atoms with Crippen LogP contribution in [0.4, 0.5) is 0 Å². The number of amides is 1. The predicted octanol–water partition coefficient (Wildman–Crippen LogP) is 1.85. The Kier molecular flexibility index (Phi) is 6.97. The summed E-state index contributed by atoms with van der Waals surface area (Å²) in [6, 6.07) is 7.07. The summed E-state index contributed by atoms with van der Waals surface area (Å²) < 4.78 is 0. The van der Waals surface area contributed by atoms with Gasteiger partial charge in [0.05, 0.1) is 0 Å². The first kappa shape index (κ1) is 15.5. The lowest BCUT2D eigenvalue weighted by molar-refractivity contribution is -0.121. The van der Waals surface area contributed by atoms with Crippen LogP contribution in [0.5, 0.6) is 5.75 Å². The number of carbonyl (C=O) groups excluding carboxylic acids is 1. The Morgan fingerprint density at radius 2 is 2.11 bits per heavy atom. The van der Waals surface area contributed by atoms with Gasteiger partial charge in [-0.1, -0.05) is 25.1 Å². The second-order valence-corrected chi connectivity index (χ2v) is 4.91. The van der Waals surface area contributed by atoms with Crippen LogP contribution in [-0.4, -0.2) is 29.3 Å². The van der Waals surface area contributed by atoms with Gasteiger partial charge in [0.25, 0.3) is 0 Å². The molecule has 0 saturated heterocycles. The zero-order valence-electron chi connectivity index (χ0n) is 11.4. The highest BCUT2D eigenvalue weighted by Crippen LogP contribution is 2.16. The molecular formula is C15H23NO3. The number of hydrogen-bond acceptors (Lipinski definition) is 3. The fourth-order valence-corrected chi connectivity index (χ4v) is 1.83. The van der Waals surface area contributed by atoms with E-state index in [-0.39, 0.29) is 24.2 Å². The van der Waals surface area contributed by atoms with Gasteiger partial charge in [0, 0.05) is 19.6 Å². The second kappa shape index (κ2) is 8.53. The third-order valence-electron chi connectivity index (χ3n) is 3.12. The molecule has 1 rings (SSSR count). The van der Waals surface area contributed by atoms with Crippen LogP contribution in [0.3, 0.4) is 0 Å². The first-order valence-corrected chi connectivity index (χ1v) is 6.78. The monoisotopic (exact) mass is 265 g/mol. The maximum Gasteiger partial charge on any atom is 0.220 e. The maximum atomic E-state index is 11.6. The van der Waals surface area contributed by atoms with Crippen molar-refractivity contribution in [1.82, 2.24) is 5.32 Å². The van der Waals surface area contributed by atoms with Crippen LogP contribution >= 0.6 is 0 Å². The summed E-state index contributed by atoms with van der Waals surface area (Å²) in [7, 11) is 0. The molecule has 0 heterocycles. The number of nitrogens with one attached hydrogen (secondary N) is 1. The number of rotatable bonds is 8. The second-order valence-electron chi connectivity index (χ2n) is 4.91. The van der Waals surface area contributed by atoms with Crippen LogP contribution in [0, 0.1) is 5.92 Å². The Morgan fingerprint density at radius 3 is 2.79 bits per heavy atom. The van der Waals surface area contributed by atoms with Gasteiger partial charge >= 0.3 is 0 Å². The van der Waals surface area contributed by atoms with Gasteiger partial charge in [0.1, 0.15) is 5.75 Å². The Balaban J connectivity index is 2.16. The molecule has 0 saturated carbocycles. The highest BCUT2D eigenvalue weighted by Gasteiger charge is 2.05. The number of phenolic OH excluding ortho intramolecular Hbond substituents is 1. The van der Waals surface area contributed by atoms with Crippen LogP contribution in [0.1, 0.15) is 31.7 Å². The van der Waals surface area contributed by atoms with Crippen LogP contribution in [-0.2, 0) is 11.2 Å². The van der Waals surface area contributed by atoms with E-state index in [9.17, 15) is 9.90 Å². The Bertz CT molecular complexity index is 393. The summed E-state index contributed by atoms with van der Waals surface area (Å²) in [6.07, 6.45) is 2.72. The summed E-state index contributed by atoms with van der Waals surface area (Å²) >= 11 is 0. The van der Waals surface area contributed by atoms with Crippen molar-refractivity contribution >= 4 is 5.91 Å². The van der Waals surface area contributed by atoms with Crippen molar-refractivity contribution in [3.8, 4) is 5.75 Å². The number of benzene rings is 1. The molecule has 3 N–H and O–H groups in total. The lowest BCUT2D eigenvalue weighted by Gasteiger charge is -2.09. The van der Waals surface area contributed by atoms with Gasteiger partial charge in [-0.3, -0.25) is 4.79 Å². The van der Waals surface area contributed by atoms with E-state index < -0.39 is 0 Å². The SMILES string of the molecule is CC(CO)CCCNC(=O)CCc1ccccc1O. The molecule has 1 aromatic carbocycles. The average Bonchev–Trinajstić information content (AvgIpc) is 2.42. The quantitative estimate of drug-likeness (QED) is 0.628. The van der Waals surface area contributed by atoms with Crippen molar-refractivity contribution in [2.24, 2.45) is 5.92 Å². The Hall–Kier alpha value is -1.55. The molecule has 1 atom stereocenters. The van der Waals surface area contributed by atoms with Gasteiger partial charge in [-0.15, -0.1) is 0 Å². The number of aliphatic hydroxyl groups excluding tert-OH is 1. The summed E-state index contributed by atoms with van der Waals surface area (Å²) in [5.41, 5.74) is 0.798. The van der Waals surface area contributed by atoms with E-state index in [1.165, 1.54) is 0 Å². The number of phenols is 1. The lowest BCUT2D eigenvalue weighted by atomic mass is 10.1. The number of aryl methyl sites for hydroxylation is 1. The van der Waals surface area contributed by atoms with Crippen molar-refractivity contribution in [2.45, 2.75) is 32.6 Å². The van der Waals surface area contributed by atoms with Crippen LogP contribution in [0.15, 0.2) is 24.3 Å². The van der Waals surface area contributed by atoms with Crippen LogP contribution in [0.2, 0.25) is 0 Å². The van der Waals surface area contributed by atoms with Crippen LogP contribution < -0.4 is 5.32 Å². The van der Waals surface area contributed by atoms with Gasteiger partial charge in [-0.05, 0) is 36.8 Å². The van der Waals surface area contributed by atoms with E-state index in [1.54, 1.807) is 12.1 Å². The van der Waals surface area contributed by atoms with Gasteiger partial charge in [-0.2, -0.15) is 0 Å². The molecule has 0 bridgehead atoms. The van der Waals surface area contributed by atoms with E-state index >= 15 is 0 Å². The average molecular weight is 265 g/mol. The number of para-hydroxylation sites is 1. The van der Waals surface area contributed by atoms with Crippen molar-refractivity contribution < 1.29 is 15.0 Å². The van der Waals surface area contributed by atoms with E-state index in [0.717, 1.165) is 18.4 Å². The van der Waals surface area contributed by atoms with Crippen molar-refractivity contribution in [2.75, 3.05) is 13.2 Å². The number of aliphatic hydroxyl groups is 1. The Labute approximate surface area is 114 Å². The highest BCUT2D eigenvalue weighted by molar-refractivity contribution is 5.76. The van der Waals surface area contributed by atoms with E-state index in [1.807, 2.05) is 19.1 Å². The first-order chi connectivity index (χ1) is 9.13. The predicted molar refractivity (Wildman–Crippen MR) is 74.9 cm³/mol. The zero-order valence-corrected chi connectivity index (χ0v) is 11.4. The molecule has 0 fully saturated rings. The minimum atomic E-state index is -0.0000883. The molecular weight excluding hydrogens is 242 g/mol. The molecule has 1 aromatic rings. The molecule has 0 spiro atoms. The van der Waals surface area contributed by atoms with Gasteiger partial charge in [0.2, 0.25) is 5.91 Å². The normalized spacial score (nSPS) is 12.1. The zero-order chi connectivity index (χ0) is 14.1. The molecule has 0 aliphatic carbocycles. The summed E-state index contributed by atoms with van der Waals surface area (Å²) in [5.74, 6) is 0.533. The molecule has 106 valence electrons. The largest absolute Gasteiger partial charge is 0.508 e. The summed E-state index contributed by atoms with van der Waals surface area (Å²) in [4.78, 5) is 11.6. The van der Waals surface area contributed by atoms with Gasteiger partial charge in [-0.25, -0.2) is 0 Å². The van der Waals surface area contributed by atoms with E-state index in [0.29, 0.717) is 19.4 Å². The fraction of sp³-hybridized carbons (Fsp3) is 0.533. The minimum absolute atomic E-state index is 0.0000883. The van der Waals surface area contributed by atoms with Gasteiger partial charge < -0.3 is 15.5 Å². The van der Waals surface area contributed by atoms with Crippen molar-refractivity contribution in [3.05, 3.63) is 29.8 Å².